The summed E-state index contributed by atoms with van der Waals surface area (Å²) in [7, 11) is -2.15. The lowest BCUT2D eigenvalue weighted by Crippen LogP contribution is -2.50. The van der Waals surface area contributed by atoms with Crippen LogP contribution in [0.2, 0.25) is 22.2 Å². The quantitative estimate of drug-likeness (QED) is 0.283. The van der Waals surface area contributed by atoms with Gasteiger partial charge in [-0.15, -0.1) is 0 Å². The highest BCUT2D eigenvalue weighted by atomic mass is 28.3. The molecule has 0 unspecified atom stereocenters. The van der Waals surface area contributed by atoms with Gasteiger partial charge in [-0.2, -0.15) is 0 Å². The van der Waals surface area contributed by atoms with Crippen molar-refractivity contribution in [1.82, 2.24) is 0 Å². The fourth-order valence-electron chi connectivity index (χ4n) is 8.36. The van der Waals surface area contributed by atoms with E-state index < -0.39 is 43.1 Å². The average molecular weight is 553 g/mol. The van der Waals surface area contributed by atoms with E-state index in [4.69, 9.17) is 4.74 Å². The summed E-state index contributed by atoms with van der Waals surface area (Å²) >= 11 is 0. The Labute approximate surface area is 232 Å². The van der Waals surface area contributed by atoms with Crippen molar-refractivity contribution in [3.8, 4) is 0 Å². The zero-order chi connectivity index (χ0) is 28.7. The van der Waals surface area contributed by atoms with Crippen LogP contribution in [0.5, 0.6) is 0 Å². The van der Waals surface area contributed by atoms with Gasteiger partial charge in [0.15, 0.2) is 0 Å². The number of ether oxygens (including phenoxy) is 1. The maximum absolute atomic E-state index is 14.9. The highest BCUT2D eigenvalue weighted by Crippen LogP contribution is 2.65. The van der Waals surface area contributed by atoms with Crippen LogP contribution in [0.4, 0.5) is 20.6 Å². The number of carbonyl (C=O) groups excluding carboxylic acids is 3. The van der Waals surface area contributed by atoms with Crippen molar-refractivity contribution in [3.63, 3.8) is 0 Å². The number of amides is 3. The first kappa shape index (κ1) is 29.0. The second kappa shape index (κ2) is 10.9. The average Bonchev–Trinajstić information content (AvgIpc) is 3.37. The predicted molar refractivity (Wildman–Crippen MR) is 155 cm³/mol. The van der Waals surface area contributed by atoms with Gasteiger partial charge in [0.25, 0.3) is 0 Å². The topological polar surface area (TPSA) is 75.7 Å². The molecule has 0 aromatic heterocycles. The summed E-state index contributed by atoms with van der Waals surface area (Å²) < 4.78 is 20.4. The van der Waals surface area contributed by atoms with Crippen molar-refractivity contribution in [1.29, 1.82) is 0 Å². The largest absolute Gasteiger partial charge is 0.466 e. The Kier molecular flexibility index (Phi) is 8.08. The van der Waals surface area contributed by atoms with Crippen LogP contribution in [-0.4, -0.2) is 32.6 Å². The third-order valence-electron chi connectivity index (χ3n) is 9.45. The van der Waals surface area contributed by atoms with Crippen molar-refractivity contribution >= 4 is 37.4 Å². The molecule has 210 valence electrons. The Hall–Kier alpha value is -3.00. The minimum Gasteiger partial charge on any atom is -0.466 e. The van der Waals surface area contributed by atoms with Crippen LogP contribution in [0.25, 0.3) is 0 Å². The Morgan fingerprint density at radius 1 is 1.05 bits per heavy atom. The number of anilines is 2. The van der Waals surface area contributed by atoms with Crippen LogP contribution in [0.15, 0.2) is 48.5 Å². The first-order valence-electron chi connectivity index (χ1n) is 14.1. The molecule has 3 amide bonds. The van der Waals surface area contributed by atoms with E-state index in [1.54, 1.807) is 31.2 Å². The number of nitrogens with zero attached hydrogens (tertiary/aromatic N) is 1. The molecule has 0 radical (unpaired) electrons. The summed E-state index contributed by atoms with van der Waals surface area (Å²) in [5.74, 6) is -2.23. The van der Waals surface area contributed by atoms with E-state index in [2.05, 4.69) is 46.9 Å². The van der Waals surface area contributed by atoms with Gasteiger partial charge in [-0.25, -0.2) is 14.1 Å². The Balaban J connectivity index is 1.90. The molecular weight excluding hydrogens is 511 g/mol. The van der Waals surface area contributed by atoms with Crippen LogP contribution < -0.4 is 10.2 Å². The number of carbonyl (C=O) groups is 3. The van der Waals surface area contributed by atoms with E-state index in [-0.39, 0.29) is 12.1 Å². The smallest absolute Gasteiger partial charge is 0.333 e. The molecule has 8 heteroatoms. The standard InChI is InChI=1S/C31H41FN2O4Si/c1-8-38-28(35)26-17-24(39(19(2)3,20(4)5)21(6)7)18-31(26)25-16-22(32)14-15-27(25)34(29(31)36)30(37)33-23-12-10-9-11-13-23/h9-16,19-21,24,26H,8,17-18H2,1-7H3,(H,33,37)/t24-,26-,31-/m1/s1. The molecule has 0 saturated heterocycles. The van der Waals surface area contributed by atoms with Gasteiger partial charge >= 0.3 is 12.0 Å². The van der Waals surface area contributed by atoms with E-state index in [9.17, 15) is 18.8 Å². The molecule has 39 heavy (non-hydrogen) atoms. The monoisotopic (exact) mass is 552 g/mol. The molecule has 0 bridgehead atoms. The molecule has 1 N–H and O–H groups in total. The maximum atomic E-state index is 14.9. The number of hydrogen-bond acceptors (Lipinski definition) is 4. The normalized spacial score (nSPS) is 22.7. The number of halogens is 1. The summed E-state index contributed by atoms with van der Waals surface area (Å²) in [5.41, 5.74) is 1.25. The molecule has 4 rings (SSSR count). The number of esters is 1. The summed E-state index contributed by atoms with van der Waals surface area (Å²) in [6.45, 7) is 15.5. The fourth-order valence-corrected chi connectivity index (χ4v) is 16.5. The van der Waals surface area contributed by atoms with Crippen LogP contribution in [0.1, 0.15) is 66.9 Å². The third-order valence-corrected chi connectivity index (χ3v) is 17.3. The fraction of sp³-hybridized carbons (Fsp3) is 0.516. The maximum Gasteiger partial charge on any atom is 0.333 e. The number of benzene rings is 2. The van der Waals surface area contributed by atoms with Gasteiger partial charge in [0.05, 0.1) is 31.7 Å². The number of hydrogen-bond donors (Lipinski definition) is 1. The van der Waals surface area contributed by atoms with E-state index in [0.717, 1.165) is 4.90 Å². The second-order valence-corrected chi connectivity index (χ2v) is 18.3. The number of imide groups is 1. The summed E-state index contributed by atoms with van der Waals surface area (Å²) in [5, 5.41) is 2.81. The lowest BCUT2D eigenvalue weighted by molar-refractivity contribution is -0.152. The summed E-state index contributed by atoms with van der Waals surface area (Å²) in [6, 6.07) is 12.4. The lowest BCUT2D eigenvalue weighted by Gasteiger charge is -2.48. The molecule has 3 atom stereocenters. The molecule has 2 aromatic rings. The van der Waals surface area contributed by atoms with Gasteiger partial charge in [-0.05, 0) is 61.2 Å². The predicted octanol–water partition coefficient (Wildman–Crippen LogP) is 7.66. The minimum atomic E-state index is -2.15. The number of rotatable bonds is 7. The second-order valence-electron chi connectivity index (χ2n) is 12.0. The van der Waals surface area contributed by atoms with Gasteiger partial charge in [0.2, 0.25) is 5.91 Å². The van der Waals surface area contributed by atoms with Gasteiger partial charge in [-0.3, -0.25) is 9.59 Å². The van der Waals surface area contributed by atoms with Crippen molar-refractivity contribution in [2.45, 2.75) is 88.9 Å². The van der Waals surface area contributed by atoms with Gasteiger partial charge < -0.3 is 10.1 Å². The van der Waals surface area contributed by atoms with Crippen LogP contribution >= 0.6 is 0 Å². The molecule has 2 aliphatic rings. The van der Waals surface area contributed by atoms with Crippen molar-refractivity contribution in [2.24, 2.45) is 5.92 Å². The van der Waals surface area contributed by atoms with E-state index in [0.29, 0.717) is 46.4 Å². The molecule has 1 saturated carbocycles. The van der Waals surface area contributed by atoms with Gasteiger partial charge in [0.1, 0.15) is 5.82 Å². The molecule has 2 aromatic carbocycles. The van der Waals surface area contributed by atoms with E-state index in [1.165, 1.54) is 18.2 Å². The molecule has 6 nitrogen and oxygen atoms in total. The molecule has 1 fully saturated rings. The van der Waals surface area contributed by atoms with Gasteiger partial charge in [-0.1, -0.05) is 76.4 Å². The van der Waals surface area contributed by atoms with Crippen LogP contribution in [-0.2, 0) is 19.7 Å². The zero-order valence-electron chi connectivity index (χ0n) is 24.1. The van der Waals surface area contributed by atoms with Crippen LogP contribution in [0, 0.1) is 11.7 Å². The van der Waals surface area contributed by atoms with Crippen molar-refractivity contribution < 1.29 is 23.5 Å². The molecule has 1 aliphatic heterocycles. The third kappa shape index (κ3) is 4.50. The molecular formula is C31H41FN2O4Si. The molecule has 1 spiro atoms. The summed E-state index contributed by atoms with van der Waals surface area (Å²) in [4.78, 5) is 42.9. The Morgan fingerprint density at radius 2 is 1.67 bits per heavy atom. The highest BCUT2D eigenvalue weighted by Gasteiger charge is 2.67. The zero-order valence-corrected chi connectivity index (χ0v) is 25.1. The minimum absolute atomic E-state index is 0.115. The molecule has 1 heterocycles. The SMILES string of the molecule is CCOC(=O)[C@H]1C[C@@H]([Si](C(C)C)(C(C)C)C(C)C)C[C@]12C(=O)N(C(=O)Nc1ccccc1)c1ccc(F)cc12. The Bertz CT molecular complexity index is 1230. The Morgan fingerprint density at radius 3 is 2.23 bits per heavy atom. The molecule has 1 aliphatic carbocycles. The van der Waals surface area contributed by atoms with E-state index >= 15 is 0 Å². The van der Waals surface area contributed by atoms with Crippen LogP contribution in [0.3, 0.4) is 0 Å². The first-order valence-corrected chi connectivity index (χ1v) is 16.4. The van der Waals surface area contributed by atoms with Gasteiger partial charge in [0, 0.05) is 5.69 Å². The lowest BCUT2D eigenvalue weighted by atomic mass is 9.73. The van der Waals surface area contributed by atoms with Crippen molar-refractivity contribution in [2.75, 3.05) is 16.8 Å². The number of urea groups is 1. The number of fused-ring (bicyclic) bond motifs is 2. The number of nitrogens with one attached hydrogen (secondary N) is 1. The van der Waals surface area contributed by atoms with E-state index in [1.807, 2.05) is 6.07 Å². The highest BCUT2D eigenvalue weighted by molar-refractivity contribution is 6.85. The number of para-hydroxylation sites is 1. The first-order chi connectivity index (χ1) is 18.4. The summed E-state index contributed by atoms with van der Waals surface area (Å²) in [6.07, 6.45) is 0.900. The van der Waals surface area contributed by atoms with Crippen molar-refractivity contribution in [3.05, 3.63) is 59.9 Å².